The van der Waals surface area contributed by atoms with Gasteiger partial charge in [-0.2, -0.15) is 0 Å². The highest BCUT2D eigenvalue weighted by Crippen LogP contribution is 2.36. The average Bonchev–Trinajstić information content (AvgIpc) is 3.38. The molecule has 4 rings (SSSR count). The number of nitrogens with one attached hydrogen (secondary N) is 1. The van der Waals surface area contributed by atoms with E-state index in [1.165, 1.54) is 0 Å². The van der Waals surface area contributed by atoms with Crippen molar-refractivity contribution in [3.05, 3.63) is 28.7 Å². The third kappa shape index (κ3) is 3.79. The molecule has 0 saturated carbocycles. The molecule has 142 valence electrons. The van der Waals surface area contributed by atoms with Gasteiger partial charge >= 0.3 is 0 Å². The number of hydrogen-bond donors (Lipinski definition) is 1. The van der Waals surface area contributed by atoms with E-state index >= 15 is 0 Å². The van der Waals surface area contributed by atoms with Crippen molar-refractivity contribution in [3.63, 3.8) is 0 Å². The van der Waals surface area contributed by atoms with E-state index in [0.717, 1.165) is 28.6 Å². The van der Waals surface area contributed by atoms with Crippen LogP contribution in [0.25, 0.3) is 6.08 Å². The Bertz CT molecular complexity index is 818. The summed E-state index contributed by atoms with van der Waals surface area (Å²) in [6.07, 6.45) is 2.79. The fraction of sp³-hybridized carbons (Fsp3) is 0.389. The van der Waals surface area contributed by atoms with Gasteiger partial charge in [0.2, 0.25) is 12.7 Å². The maximum absolute atomic E-state index is 12.5. The van der Waals surface area contributed by atoms with E-state index in [1.54, 1.807) is 24.3 Å². The fourth-order valence-electron chi connectivity index (χ4n) is 3.04. The Morgan fingerprint density at radius 2 is 2.15 bits per heavy atom. The quantitative estimate of drug-likeness (QED) is 0.766. The van der Waals surface area contributed by atoms with Crippen LogP contribution in [0.1, 0.15) is 18.4 Å². The predicted molar refractivity (Wildman–Crippen MR) is 97.2 cm³/mol. The van der Waals surface area contributed by atoms with Crippen molar-refractivity contribution in [1.29, 1.82) is 0 Å². The smallest absolute Gasteiger partial charge is 0.293 e. The summed E-state index contributed by atoms with van der Waals surface area (Å²) in [4.78, 5) is 38.1. The summed E-state index contributed by atoms with van der Waals surface area (Å²) in [6.45, 7) is 1.09. The van der Waals surface area contributed by atoms with Crippen LogP contribution in [0.15, 0.2) is 23.1 Å². The maximum Gasteiger partial charge on any atom is 0.293 e. The monoisotopic (exact) mass is 390 g/mol. The molecule has 8 nitrogen and oxygen atoms in total. The topological polar surface area (TPSA) is 94.2 Å². The van der Waals surface area contributed by atoms with Crippen molar-refractivity contribution in [2.45, 2.75) is 18.9 Å². The summed E-state index contributed by atoms with van der Waals surface area (Å²) in [5, 5.41) is 2.37. The second kappa shape index (κ2) is 7.61. The van der Waals surface area contributed by atoms with Crippen LogP contribution >= 0.6 is 11.8 Å². The lowest BCUT2D eigenvalue weighted by Gasteiger charge is -2.14. The second-order valence-corrected chi connectivity index (χ2v) is 7.23. The first-order chi connectivity index (χ1) is 13.1. The minimum Gasteiger partial charge on any atom is -0.454 e. The highest BCUT2D eigenvalue weighted by atomic mass is 32.2. The average molecular weight is 390 g/mol. The van der Waals surface area contributed by atoms with Gasteiger partial charge in [-0.1, -0.05) is 6.07 Å². The minimum atomic E-state index is -0.425. The summed E-state index contributed by atoms with van der Waals surface area (Å²) in [5.74, 6) is 0.700. The third-order valence-corrected chi connectivity index (χ3v) is 5.33. The van der Waals surface area contributed by atoms with E-state index in [9.17, 15) is 14.4 Å². The van der Waals surface area contributed by atoms with Gasteiger partial charge in [-0.3, -0.25) is 19.3 Å². The van der Waals surface area contributed by atoms with Crippen LogP contribution in [-0.2, 0) is 14.3 Å². The molecule has 3 aliphatic rings. The zero-order valence-corrected chi connectivity index (χ0v) is 15.3. The number of amides is 3. The molecule has 1 unspecified atom stereocenters. The van der Waals surface area contributed by atoms with Crippen LogP contribution in [0.3, 0.4) is 0 Å². The van der Waals surface area contributed by atoms with Gasteiger partial charge in [0.15, 0.2) is 11.5 Å². The molecule has 0 bridgehead atoms. The molecule has 3 amide bonds. The number of ether oxygens (including phenoxy) is 3. The van der Waals surface area contributed by atoms with E-state index in [2.05, 4.69) is 5.32 Å². The molecule has 3 heterocycles. The molecule has 2 saturated heterocycles. The van der Waals surface area contributed by atoms with Crippen LogP contribution in [0.4, 0.5) is 4.79 Å². The summed E-state index contributed by atoms with van der Waals surface area (Å²) in [7, 11) is 0. The number of fused-ring (bicyclic) bond motifs is 1. The Labute approximate surface area is 159 Å². The second-order valence-electron chi connectivity index (χ2n) is 6.24. The summed E-state index contributed by atoms with van der Waals surface area (Å²) >= 11 is 0.883. The first-order valence-electron chi connectivity index (χ1n) is 8.66. The van der Waals surface area contributed by atoms with Crippen LogP contribution in [0.5, 0.6) is 11.5 Å². The highest BCUT2D eigenvalue weighted by molar-refractivity contribution is 8.18. The van der Waals surface area contributed by atoms with Crippen molar-refractivity contribution in [1.82, 2.24) is 10.2 Å². The van der Waals surface area contributed by atoms with Crippen molar-refractivity contribution in [2.75, 3.05) is 26.5 Å². The molecule has 1 aromatic rings. The molecule has 2 fully saturated rings. The molecule has 0 aromatic heterocycles. The molecule has 0 aliphatic carbocycles. The van der Waals surface area contributed by atoms with Crippen LogP contribution < -0.4 is 14.8 Å². The zero-order valence-electron chi connectivity index (χ0n) is 14.4. The molecule has 9 heteroatoms. The molecular formula is C18H18N2O6S. The highest BCUT2D eigenvalue weighted by Gasteiger charge is 2.35. The van der Waals surface area contributed by atoms with Crippen molar-refractivity contribution >= 4 is 34.9 Å². The third-order valence-electron chi connectivity index (χ3n) is 4.42. The van der Waals surface area contributed by atoms with Crippen molar-refractivity contribution in [2.24, 2.45) is 0 Å². The molecule has 1 aromatic carbocycles. The molecule has 0 radical (unpaired) electrons. The Balaban J connectivity index is 1.36. The SMILES string of the molecule is O=C(NCCN1C(=O)S/C(=C\c2ccc3c(c2)OCO3)C1=O)C1CCCO1. The van der Waals surface area contributed by atoms with Gasteiger partial charge in [-0.25, -0.2) is 0 Å². The maximum atomic E-state index is 12.5. The normalized spacial score (nSPS) is 22.7. The number of imide groups is 1. The predicted octanol–water partition coefficient (Wildman–Crippen LogP) is 1.75. The summed E-state index contributed by atoms with van der Waals surface area (Å²) in [5.41, 5.74) is 0.747. The van der Waals surface area contributed by atoms with E-state index < -0.39 is 6.10 Å². The lowest BCUT2D eigenvalue weighted by molar-refractivity contribution is -0.130. The van der Waals surface area contributed by atoms with Gasteiger partial charge < -0.3 is 19.5 Å². The standard InChI is InChI=1S/C18H18N2O6S/c21-16(13-2-1-7-24-13)19-5-6-20-17(22)15(27-18(20)23)9-11-3-4-12-14(8-11)26-10-25-12/h3-4,8-9,13H,1-2,5-7,10H2,(H,19,21)/b15-9-. The Morgan fingerprint density at radius 3 is 2.96 bits per heavy atom. The van der Waals surface area contributed by atoms with Gasteiger partial charge in [0.05, 0.1) is 4.91 Å². The summed E-state index contributed by atoms with van der Waals surface area (Å²) < 4.78 is 15.9. The number of benzene rings is 1. The van der Waals surface area contributed by atoms with Crippen LogP contribution in [-0.4, -0.2) is 54.5 Å². The van der Waals surface area contributed by atoms with Gasteiger partial charge in [0, 0.05) is 19.7 Å². The van der Waals surface area contributed by atoms with Crippen molar-refractivity contribution in [3.8, 4) is 11.5 Å². The van der Waals surface area contributed by atoms with Gasteiger partial charge in [-0.05, 0) is 48.4 Å². The molecule has 1 N–H and O–H groups in total. The van der Waals surface area contributed by atoms with Gasteiger partial charge in [-0.15, -0.1) is 0 Å². The Hall–Kier alpha value is -2.52. The lowest BCUT2D eigenvalue weighted by atomic mass is 10.2. The number of carbonyl (C=O) groups is 3. The van der Waals surface area contributed by atoms with Gasteiger partial charge in [0.25, 0.3) is 11.1 Å². The first-order valence-corrected chi connectivity index (χ1v) is 9.48. The fourth-order valence-corrected chi connectivity index (χ4v) is 3.90. The van der Waals surface area contributed by atoms with Crippen LogP contribution in [0.2, 0.25) is 0 Å². The summed E-state index contributed by atoms with van der Waals surface area (Å²) in [6, 6.07) is 5.32. The number of carbonyl (C=O) groups excluding carboxylic acids is 3. The minimum absolute atomic E-state index is 0.127. The van der Waals surface area contributed by atoms with E-state index in [0.29, 0.717) is 29.4 Å². The number of thioether (sulfide) groups is 1. The zero-order chi connectivity index (χ0) is 18.8. The van der Waals surface area contributed by atoms with E-state index in [-0.39, 0.29) is 36.9 Å². The Kier molecular flexibility index (Phi) is 5.04. The lowest BCUT2D eigenvalue weighted by Crippen LogP contribution is -2.40. The van der Waals surface area contributed by atoms with Crippen LogP contribution in [0, 0.1) is 0 Å². The molecular weight excluding hydrogens is 372 g/mol. The molecule has 3 aliphatic heterocycles. The van der Waals surface area contributed by atoms with Gasteiger partial charge in [0.1, 0.15) is 6.10 Å². The van der Waals surface area contributed by atoms with Crippen molar-refractivity contribution < 1.29 is 28.6 Å². The largest absolute Gasteiger partial charge is 0.454 e. The Morgan fingerprint density at radius 1 is 1.30 bits per heavy atom. The van der Waals surface area contributed by atoms with E-state index in [4.69, 9.17) is 14.2 Å². The molecule has 1 atom stereocenters. The molecule has 27 heavy (non-hydrogen) atoms. The number of hydrogen-bond acceptors (Lipinski definition) is 7. The molecule has 0 spiro atoms. The first kappa shape index (κ1) is 17.9. The van der Waals surface area contributed by atoms with E-state index in [1.807, 2.05) is 0 Å². The number of nitrogens with zero attached hydrogens (tertiary/aromatic N) is 1. The number of rotatable bonds is 5.